The predicted octanol–water partition coefficient (Wildman–Crippen LogP) is 2.99. The molecule has 6 heteroatoms. The maximum Gasteiger partial charge on any atom is 0.271 e. The molecule has 3 N–H and O–H groups in total. The van der Waals surface area contributed by atoms with E-state index in [1.54, 1.807) is 28.8 Å². The van der Waals surface area contributed by atoms with Crippen molar-refractivity contribution in [3.8, 4) is 0 Å². The highest BCUT2D eigenvalue weighted by Gasteiger charge is 2.18. The molecule has 2 aromatic heterocycles. The van der Waals surface area contributed by atoms with Crippen molar-refractivity contribution >= 4 is 17.5 Å². The average molecular weight is 364 g/mol. The summed E-state index contributed by atoms with van der Waals surface area (Å²) in [4.78, 5) is 28.5. The number of nitrogens with zero attached hydrogens (tertiary/aromatic N) is 2. The van der Waals surface area contributed by atoms with Crippen LogP contribution in [0, 0.1) is 5.92 Å². The third-order valence-corrected chi connectivity index (χ3v) is 4.51. The Morgan fingerprint density at radius 3 is 2.52 bits per heavy atom. The molecule has 1 unspecified atom stereocenters. The van der Waals surface area contributed by atoms with Gasteiger partial charge < -0.3 is 11.1 Å². The van der Waals surface area contributed by atoms with E-state index in [1.807, 2.05) is 18.2 Å². The molecule has 3 aromatic rings. The van der Waals surface area contributed by atoms with Crippen LogP contribution in [0.1, 0.15) is 52.7 Å². The first kappa shape index (κ1) is 18.6. The van der Waals surface area contributed by atoms with Crippen molar-refractivity contribution in [2.24, 2.45) is 11.7 Å². The van der Waals surface area contributed by atoms with Gasteiger partial charge in [-0.15, -0.1) is 0 Å². The number of carbonyl (C=O) groups is 2. The van der Waals surface area contributed by atoms with Crippen molar-refractivity contribution < 1.29 is 9.59 Å². The summed E-state index contributed by atoms with van der Waals surface area (Å²) in [7, 11) is 0. The molecule has 0 aliphatic carbocycles. The number of pyridine rings is 1. The number of nitrogens with two attached hydrogens (primary N) is 1. The summed E-state index contributed by atoms with van der Waals surface area (Å²) >= 11 is 0. The molecule has 6 nitrogen and oxygen atoms in total. The van der Waals surface area contributed by atoms with Crippen LogP contribution in [0.2, 0.25) is 0 Å². The summed E-state index contributed by atoms with van der Waals surface area (Å²) in [5, 5.41) is 2.98. The number of fused-ring (bicyclic) bond motifs is 1. The first-order valence-electron chi connectivity index (χ1n) is 9.06. The van der Waals surface area contributed by atoms with Gasteiger partial charge in [0.15, 0.2) is 0 Å². The number of carbonyl (C=O) groups excluding carboxylic acids is 2. The Bertz CT molecular complexity index is 947. The van der Waals surface area contributed by atoms with Crippen molar-refractivity contribution in [1.29, 1.82) is 0 Å². The fourth-order valence-corrected chi connectivity index (χ4v) is 3.26. The van der Waals surface area contributed by atoms with Gasteiger partial charge in [0, 0.05) is 18.7 Å². The van der Waals surface area contributed by atoms with E-state index in [4.69, 9.17) is 5.73 Å². The number of nitrogens with one attached hydrogen (secondary N) is 1. The second kappa shape index (κ2) is 8.03. The Hall–Kier alpha value is -3.15. The van der Waals surface area contributed by atoms with Crippen molar-refractivity contribution in [3.05, 3.63) is 71.7 Å². The second-order valence-corrected chi connectivity index (χ2v) is 7.08. The third-order valence-electron chi connectivity index (χ3n) is 4.51. The van der Waals surface area contributed by atoms with Crippen LogP contribution in [-0.4, -0.2) is 27.7 Å². The van der Waals surface area contributed by atoms with Gasteiger partial charge in [-0.05, 0) is 30.0 Å². The SMILES string of the molecule is CC(C)CC(CNC(=O)c1cn2c(C(N)=O)cccc2n1)c1ccccc1. The molecule has 0 radical (unpaired) electrons. The van der Waals surface area contributed by atoms with Gasteiger partial charge >= 0.3 is 0 Å². The predicted molar refractivity (Wildman–Crippen MR) is 105 cm³/mol. The van der Waals surface area contributed by atoms with Gasteiger partial charge in [0.1, 0.15) is 17.0 Å². The zero-order valence-electron chi connectivity index (χ0n) is 15.6. The lowest BCUT2D eigenvalue weighted by molar-refractivity contribution is 0.0943. The summed E-state index contributed by atoms with van der Waals surface area (Å²) in [6.45, 7) is 4.87. The van der Waals surface area contributed by atoms with E-state index >= 15 is 0 Å². The Kier molecular flexibility index (Phi) is 5.54. The molecule has 0 aliphatic rings. The molecule has 0 bridgehead atoms. The van der Waals surface area contributed by atoms with Gasteiger partial charge in [-0.25, -0.2) is 4.98 Å². The maximum atomic E-state index is 12.6. The van der Waals surface area contributed by atoms with Gasteiger partial charge in [0.25, 0.3) is 11.8 Å². The van der Waals surface area contributed by atoms with Gasteiger partial charge in [0.05, 0.1) is 0 Å². The highest BCUT2D eigenvalue weighted by Crippen LogP contribution is 2.23. The summed E-state index contributed by atoms with van der Waals surface area (Å²) in [6, 6.07) is 15.2. The Balaban J connectivity index is 1.77. The molecule has 1 atom stereocenters. The molecule has 0 spiro atoms. The zero-order chi connectivity index (χ0) is 19.4. The van der Waals surface area contributed by atoms with Crippen LogP contribution in [0.4, 0.5) is 0 Å². The summed E-state index contributed by atoms with van der Waals surface area (Å²) in [6.07, 6.45) is 2.52. The first-order valence-corrected chi connectivity index (χ1v) is 9.06. The highest BCUT2D eigenvalue weighted by atomic mass is 16.2. The lowest BCUT2D eigenvalue weighted by Crippen LogP contribution is -2.29. The topological polar surface area (TPSA) is 89.5 Å². The van der Waals surface area contributed by atoms with Crippen LogP contribution in [0.5, 0.6) is 0 Å². The third kappa shape index (κ3) is 4.34. The number of amides is 2. The van der Waals surface area contributed by atoms with Crippen LogP contribution < -0.4 is 11.1 Å². The number of benzene rings is 1. The molecule has 140 valence electrons. The van der Waals surface area contributed by atoms with Crippen LogP contribution in [0.3, 0.4) is 0 Å². The van der Waals surface area contributed by atoms with Gasteiger partial charge in [-0.3, -0.25) is 14.0 Å². The number of hydrogen-bond acceptors (Lipinski definition) is 3. The molecular formula is C21H24N4O2. The van der Waals surface area contributed by atoms with E-state index in [2.05, 4.69) is 36.3 Å². The molecule has 2 amide bonds. The molecular weight excluding hydrogens is 340 g/mol. The average Bonchev–Trinajstić information content (AvgIpc) is 3.09. The molecule has 0 saturated heterocycles. The van der Waals surface area contributed by atoms with E-state index in [0.29, 0.717) is 23.8 Å². The number of imidazole rings is 1. The molecule has 0 aliphatic heterocycles. The molecule has 0 saturated carbocycles. The number of hydrogen-bond donors (Lipinski definition) is 2. The number of aromatic nitrogens is 2. The van der Waals surface area contributed by atoms with E-state index in [-0.39, 0.29) is 17.5 Å². The van der Waals surface area contributed by atoms with Crippen molar-refractivity contribution in [2.75, 3.05) is 6.54 Å². The molecule has 3 rings (SSSR count). The van der Waals surface area contributed by atoms with Crippen LogP contribution >= 0.6 is 0 Å². The lowest BCUT2D eigenvalue weighted by atomic mass is 9.90. The largest absolute Gasteiger partial charge is 0.364 e. The van der Waals surface area contributed by atoms with Crippen LogP contribution in [-0.2, 0) is 0 Å². The molecule has 1 aromatic carbocycles. The minimum Gasteiger partial charge on any atom is -0.364 e. The summed E-state index contributed by atoms with van der Waals surface area (Å²) < 4.78 is 1.54. The normalized spacial score (nSPS) is 12.3. The number of primary amides is 1. The van der Waals surface area contributed by atoms with Crippen LogP contribution in [0.25, 0.3) is 5.65 Å². The molecule has 2 heterocycles. The standard InChI is InChI=1S/C21H24N4O2/c1-14(2)11-16(15-7-4-3-5-8-15)12-23-21(27)17-13-25-18(20(22)26)9-6-10-19(25)24-17/h3-10,13-14,16H,11-12H2,1-2H3,(H2,22,26)(H,23,27). The minimum absolute atomic E-state index is 0.230. The second-order valence-electron chi connectivity index (χ2n) is 7.08. The van der Waals surface area contributed by atoms with Crippen LogP contribution in [0.15, 0.2) is 54.7 Å². The summed E-state index contributed by atoms with van der Waals surface area (Å²) in [5.74, 6) is -0.0846. The van der Waals surface area contributed by atoms with E-state index < -0.39 is 5.91 Å². The molecule has 0 fully saturated rings. The minimum atomic E-state index is -0.564. The monoisotopic (exact) mass is 364 g/mol. The van der Waals surface area contributed by atoms with Gasteiger partial charge in [0.2, 0.25) is 0 Å². The Labute approximate surface area is 158 Å². The van der Waals surface area contributed by atoms with E-state index in [1.165, 1.54) is 5.56 Å². The van der Waals surface area contributed by atoms with Gasteiger partial charge in [-0.2, -0.15) is 0 Å². The Morgan fingerprint density at radius 2 is 1.85 bits per heavy atom. The maximum absolute atomic E-state index is 12.6. The van der Waals surface area contributed by atoms with E-state index in [9.17, 15) is 9.59 Å². The summed E-state index contributed by atoms with van der Waals surface area (Å²) in [5.41, 5.74) is 7.66. The quantitative estimate of drug-likeness (QED) is 0.675. The van der Waals surface area contributed by atoms with Gasteiger partial charge in [-0.1, -0.05) is 50.2 Å². The lowest BCUT2D eigenvalue weighted by Gasteiger charge is -2.20. The zero-order valence-corrected chi connectivity index (χ0v) is 15.6. The van der Waals surface area contributed by atoms with E-state index in [0.717, 1.165) is 6.42 Å². The van der Waals surface area contributed by atoms with Crippen molar-refractivity contribution in [1.82, 2.24) is 14.7 Å². The fourth-order valence-electron chi connectivity index (χ4n) is 3.26. The Morgan fingerprint density at radius 1 is 1.11 bits per heavy atom. The smallest absolute Gasteiger partial charge is 0.271 e. The first-order chi connectivity index (χ1) is 13.0. The fraction of sp³-hybridized carbons (Fsp3) is 0.286. The molecule has 27 heavy (non-hydrogen) atoms. The van der Waals surface area contributed by atoms with Crippen molar-refractivity contribution in [3.63, 3.8) is 0 Å². The highest BCUT2D eigenvalue weighted by molar-refractivity contribution is 5.95. The van der Waals surface area contributed by atoms with Crippen molar-refractivity contribution in [2.45, 2.75) is 26.2 Å². The number of rotatable bonds is 7.